The summed E-state index contributed by atoms with van der Waals surface area (Å²) in [6, 6.07) is 43.1. The molecule has 55 heavy (non-hydrogen) atoms. The first-order valence-corrected chi connectivity index (χ1v) is 18.4. The van der Waals surface area contributed by atoms with Crippen molar-refractivity contribution in [3.8, 4) is 17.2 Å². The molecule has 1 fully saturated rings. The summed E-state index contributed by atoms with van der Waals surface area (Å²) >= 11 is 5.58. The molecule has 5 aromatic rings. The van der Waals surface area contributed by atoms with Crippen molar-refractivity contribution in [2.45, 2.75) is 57.1 Å². The van der Waals surface area contributed by atoms with Gasteiger partial charge in [-0.25, -0.2) is 0 Å². The molecule has 10 heteroatoms. The van der Waals surface area contributed by atoms with Crippen LogP contribution in [0.25, 0.3) is 6.08 Å². The average Bonchev–Trinajstić information content (AvgIpc) is 3.23. The SMILES string of the molecule is COc1cc(C=CC(=O)Cl)cc(OC)c1O[C@H]1O[C@H](COCc2ccccc2)[C@@H](OCc2ccccc2)[C@H](OCc2ccccc2)[C@@H]1OCc1ccccc1. The molecular formula is C45H45ClO9. The van der Waals surface area contributed by atoms with E-state index in [-0.39, 0.29) is 25.6 Å². The first-order chi connectivity index (χ1) is 27.0. The third kappa shape index (κ3) is 11.5. The van der Waals surface area contributed by atoms with Crippen molar-refractivity contribution in [1.29, 1.82) is 0 Å². The lowest BCUT2D eigenvalue weighted by Gasteiger charge is -2.45. The van der Waals surface area contributed by atoms with Gasteiger partial charge in [0, 0.05) is 0 Å². The monoisotopic (exact) mass is 764 g/mol. The first kappa shape index (κ1) is 39.7. The molecule has 0 saturated carbocycles. The molecule has 0 aromatic heterocycles. The number of hydrogen-bond donors (Lipinski definition) is 0. The zero-order chi connectivity index (χ0) is 38.2. The van der Waals surface area contributed by atoms with E-state index >= 15 is 0 Å². The van der Waals surface area contributed by atoms with E-state index in [1.165, 1.54) is 20.3 Å². The van der Waals surface area contributed by atoms with Crippen LogP contribution in [0.3, 0.4) is 0 Å². The van der Waals surface area contributed by atoms with Crippen LogP contribution in [0.4, 0.5) is 0 Å². The zero-order valence-electron chi connectivity index (χ0n) is 30.8. The maximum Gasteiger partial charge on any atom is 0.245 e. The summed E-state index contributed by atoms with van der Waals surface area (Å²) in [5.74, 6) is 0.951. The van der Waals surface area contributed by atoms with E-state index in [9.17, 15) is 4.79 Å². The molecule has 5 atom stereocenters. The van der Waals surface area contributed by atoms with Crippen LogP contribution >= 0.6 is 11.6 Å². The van der Waals surface area contributed by atoms with Crippen molar-refractivity contribution in [2.75, 3.05) is 20.8 Å². The number of carbonyl (C=O) groups excluding carboxylic acids is 1. The molecule has 1 aliphatic heterocycles. The summed E-state index contributed by atoms with van der Waals surface area (Å²) in [6.07, 6.45) is -1.08. The number of rotatable bonds is 19. The normalized spacial score (nSPS) is 19.6. The predicted octanol–water partition coefficient (Wildman–Crippen LogP) is 8.56. The first-order valence-electron chi connectivity index (χ1n) is 18.0. The largest absolute Gasteiger partial charge is 0.493 e. The van der Waals surface area contributed by atoms with Crippen LogP contribution in [0.5, 0.6) is 17.2 Å². The number of ether oxygens (including phenoxy) is 8. The van der Waals surface area contributed by atoms with Crippen LogP contribution in [0.1, 0.15) is 27.8 Å². The van der Waals surface area contributed by atoms with E-state index in [4.69, 9.17) is 49.5 Å². The molecule has 0 bridgehead atoms. The fourth-order valence-electron chi connectivity index (χ4n) is 6.23. The Kier molecular flexibility index (Phi) is 14.9. The van der Waals surface area contributed by atoms with Gasteiger partial charge in [0.05, 0.1) is 47.3 Å². The third-order valence-corrected chi connectivity index (χ3v) is 9.09. The van der Waals surface area contributed by atoms with E-state index in [0.29, 0.717) is 30.3 Å². The predicted molar refractivity (Wildman–Crippen MR) is 210 cm³/mol. The Morgan fingerprint density at radius 2 is 1.05 bits per heavy atom. The van der Waals surface area contributed by atoms with Crippen molar-refractivity contribution in [3.05, 3.63) is 167 Å². The highest BCUT2D eigenvalue weighted by Crippen LogP contribution is 2.42. The number of halogens is 1. The highest BCUT2D eigenvalue weighted by Gasteiger charge is 2.50. The van der Waals surface area contributed by atoms with Gasteiger partial charge in [-0.05, 0) is 63.7 Å². The lowest BCUT2D eigenvalue weighted by Crippen LogP contribution is -2.62. The van der Waals surface area contributed by atoms with Crippen LogP contribution in [-0.4, -0.2) is 56.8 Å². The molecule has 1 saturated heterocycles. The second kappa shape index (κ2) is 20.6. The second-order valence-electron chi connectivity index (χ2n) is 12.8. The minimum atomic E-state index is -1.06. The van der Waals surface area contributed by atoms with E-state index in [1.54, 1.807) is 18.2 Å². The van der Waals surface area contributed by atoms with Gasteiger partial charge in [-0.15, -0.1) is 0 Å². The van der Waals surface area contributed by atoms with Gasteiger partial charge in [0.25, 0.3) is 0 Å². The van der Waals surface area contributed by atoms with Gasteiger partial charge in [0.15, 0.2) is 11.5 Å². The standard InChI is InChI=1S/C45H45ClO9/c1-48-37-25-36(23-24-40(46)47)26-38(49-2)41(37)55-45-44(53-30-35-21-13-6-14-22-35)43(52-29-34-19-11-5-12-20-34)42(51-28-33-17-9-4-10-18-33)39(54-45)31-50-27-32-15-7-3-8-16-32/h3-26,39,42-45H,27-31H2,1-2H3/t39-,42-,43+,44+,45-/m1/s1. The molecule has 286 valence electrons. The average molecular weight is 765 g/mol. The van der Waals surface area contributed by atoms with E-state index < -0.39 is 35.9 Å². The van der Waals surface area contributed by atoms with Crippen molar-refractivity contribution < 1.29 is 42.7 Å². The smallest absolute Gasteiger partial charge is 0.245 e. The molecule has 0 spiro atoms. The molecule has 0 radical (unpaired) electrons. The number of allylic oxidation sites excluding steroid dienone is 1. The number of carbonyl (C=O) groups is 1. The Morgan fingerprint density at radius 1 is 0.618 bits per heavy atom. The Labute approximate surface area is 327 Å². The zero-order valence-corrected chi connectivity index (χ0v) is 31.6. The highest BCUT2D eigenvalue weighted by atomic mass is 35.5. The van der Waals surface area contributed by atoms with Crippen LogP contribution in [0, 0.1) is 0 Å². The van der Waals surface area contributed by atoms with Crippen molar-refractivity contribution >= 4 is 22.9 Å². The van der Waals surface area contributed by atoms with Gasteiger partial charge in [-0.3, -0.25) is 4.79 Å². The van der Waals surface area contributed by atoms with Gasteiger partial charge >= 0.3 is 0 Å². The molecule has 0 amide bonds. The topological polar surface area (TPSA) is 90.9 Å². The number of hydrogen-bond acceptors (Lipinski definition) is 9. The molecule has 1 aliphatic rings. The summed E-state index contributed by atoms with van der Waals surface area (Å²) in [5.41, 5.74) is 4.57. The van der Waals surface area contributed by atoms with Crippen LogP contribution < -0.4 is 14.2 Å². The molecular weight excluding hydrogens is 720 g/mol. The molecule has 0 unspecified atom stereocenters. The minimum absolute atomic E-state index is 0.162. The molecule has 0 aliphatic carbocycles. The summed E-state index contributed by atoms with van der Waals surface area (Å²) in [5, 5.41) is -0.613. The Hall–Kier alpha value is -5.00. The minimum Gasteiger partial charge on any atom is -0.493 e. The van der Waals surface area contributed by atoms with E-state index in [2.05, 4.69) is 0 Å². The van der Waals surface area contributed by atoms with Crippen molar-refractivity contribution in [1.82, 2.24) is 0 Å². The number of methoxy groups -OCH3 is 2. The summed E-state index contributed by atoms with van der Waals surface area (Å²) < 4.78 is 51.9. The Balaban J connectivity index is 1.39. The lowest BCUT2D eigenvalue weighted by atomic mass is 9.97. The lowest BCUT2D eigenvalue weighted by molar-refractivity contribution is -0.310. The molecule has 5 aromatic carbocycles. The number of benzene rings is 5. The quantitative estimate of drug-likeness (QED) is 0.0606. The second-order valence-corrected chi connectivity index (χ2v) is 13.2. The van der Waals surface area contributed by atoms with E-state index in [1.807, 2.05) is 121 Å². The summed E-state index contributed by atoms with van der Waals surface area (Å²) in [6.45, 7) is 1.34. The Bertz CT molecular complexity index is 1900. The molecule has 9 nitrogen and oxygen atoms in total. The van der Waals surface area contributed by atoms with Gasteiger partial charge in [-0.1, -0.05) is 121 Å². The molecule has 1 heterocycles. The fraction of sp³-hybridized carbons (Fsp3) is 0.267. The van der Waals surface area contributed by atoms with Crippen LogP contribution in [0.15, 0.2) is 140 Å². The third-order valence-electron chi connectivity index (χ3n) is 8.96. The fourth-order valence-corrected chi connectivity index (χ4v) is 6.30. The van der Waals surface area contributed by atoms with Gasteiger partial charge in [0.2, 0.25) is 17.3 Å². The van der Waals surface area contributed by atoms with Gasteiger partial charge < -0.3 is 37.9 Å². The van der Waals surface area contributed by atoms with Gasteiger partial charge in [-0.2, -0.15) is 0 Å². The van der Waals surface area contributed by atoms with E-state index in [0.717, 1.165) is 22.3 Å². The van der Waals surface area contributed by atoms with Crippen LogP contribution in [-0.2, 0) is 54.9 Å². The van der Waals surface area contributed by atoms with Crippen LogP contribution in [0.2, 0.25) is 0 Å². The van der Waals surface area contributed by atoms with Gasteiger partial charge in [0.1, 0.15) is 24.4 Å². The summed E-state index contributed by atoms with van der Waals surface area (Å²) in [7, 11) is 3.04. The van der Waals surface area contributed by atoms with Crippen molar-refractivity contribution in [2.24, 2.45) is 0 Å². The summed E-state index contributed by atoms with van der Waals surface area (Å²) in [4.78, 5) is 11.5. The maximum absolute atomic E-state index is 11.5. The maximum atomic E-state index is 11.5. The molecule has 0 N–H and O–H groups in total. The molecule has 6 rings (SSSR count). The van der Waals surface area contributed by atoms with Crippen molar-refractivity contribution in [3.63, 3.8) is 0 Å². The Morgan fingerprint density at radius 3 is 1.51 bits per heavy atom. The highest BCUT2D eigenvalue weighted by molar-refractivity contribution is 6.66.